The minimum absolute atomic E-state index is 0.0421. The lowest BCUT2D eigenvalue weighted by Crippen LogP contribution is -2.36. The van der Waals surface area contributed by atoms with Crippen LogP contribution >= 0.6 is 0 Å². The number of aliphatic carboxylic acids is 1. The van der Waals surface area contributed by atoms with E-state index in [0.717, 1.165) is 0 Å². The standard InChI is InChI=1S/C14H21NO4/c1-10(2)7-13(16)15(8-11(3)14(17)18)9-12-5-4-6-19-12/h4-6,10-11H,7-9H2,1-3H3,(H,17,18). The molecule has 5 heteroatoms. The van der Waals surface area contributed by atoms with E-state index >= 15 is 0 Å². The Balaban J connectivity index is 2.72. The summed E-state index contributed by atoms with van der Waals surface area (Å²) in [5.41, 5.74) is 0. The molecule has 0 radical (unpaired) electrons. The molecule has 1 aromatic rings. The van der Waals surface area contributed by atoms with Crippen LogP contribution in [-0.2, 0) is 16.1 Å². The van der Waals surface area contributed by atoms with Gasteiger partial charge in [-0.2, -0.15) is 0 Å². The van der Waals surface area contributed by atoms with Crippen molar-refractivity contribution in [2.24, 2.45) is 11.8 Å². The fourth-order valence-electron chi connectivity index (χ4n) is 1.73. The van der Waals surface area contributed by atoms with Gasteiger partial charge in [0, 0.05) is 13.0 Å². The monoisotopic (exact) mass is 267 g/mol. The highest BCUT2D eigenvalue weighted by Crippen LogP contribution is 2.12. The van der Waals surface area contributed by atoms with Crippen LogP contribution in [-0.4, -0.2) is 28.4 Å². The van der Waals surface area contributed by atoms with Crippen LogP contribution in [0.1, 0.15) is 33.0 Å². The molecule has 1 unspecified atom stereocenters. The Morgan fingerprint density at radius 2 is 2.05 bits per heavy atom. The van der Waals surface area contributed by atoms with Crippen molar-refractivity contribution in [3.63, 3.8) is 0 Å². The fraction of sp³-hybridized carbons (Fsp3) is 0.571. The van der Waals surface area contributed by atoms with Crippen LogP contribution in [0, 0.1) is 11.8 Å². The lowest BCUT2D eigenvalue weighted by molar-refractivity contribution is -0.143. The van der Waals surface area contributed by atoms with Gasteiger partial charge >= 0.3 is 5.97 Å². The minimum Gasteiger partial charge on any atom is -0.481 e. The number of carbonyl (C=O) groups excluding carboxylic acids is 1. The first-order valence-electron chi connectivity index (χ1n) is 6.43. The number of hydrogen-bond donors (Lipinski definition) is 1. The Morgan fingerprint density at radius 1 is 1.37 bits per heavy atom. The summed E-state index contributed by atoms with van der Waals surface area (Å²) in [6.45, 7) is 6.03. The number of carbonyl (C=O) groups is 2. The summed E-state index contributed by atoms with van der Waals surface area (Å²) in [6.07, 6.45) is 1.95. The van der Waals surface area contributed by atoms with E-state index in [1.165, 1.54) is 0 Å². The van der Waals surface area contributed by atoms with Crippen molar-refractivity contribution in [1.29, 1.82) is 0 Å². The Kier molecular flexibility index (Phi) is 5.60. The number of rotatable bonds is 7. The number of furan rings is 1. The van der Waals surface area contributed by atoms with Crippen LogP contribution in [0.2, 0.25) is 0 Å². The molecule has 5 nitrogen and oxygen atoms in total. The van der Waals surface area contributed by atoms with E-state index in [0.29, 0.717) is 18.7 Å². The molecule has 1 rings (SSSR count). The van der Waals surface area contributed by atoms with E-state index in [1.54, 1.807) is 30.2 Å². The topological polar surface area (TPSA) is 70.8 Å². The quantitative estimate of drug-likeness (QED) is 0.823. The van der Waals surface area contributed by atoms with Gasteiger partial charge in [-0.15, -0.1) is 0 Å². The zero-order valence-corrected chi connectivity index (χ0v) is 11.6. The predicted octanol–water partition coefficient (Wildman–Crippen LogP) is 2.38. The van der Waals surface area contributed by atoms with Crippen LogP contribution in [0.15, 0.2) is 22.8 Å². The Hall–Kier alpha value is -1.78. The van der Waals surface area contributed by atoms with Crippen molar-refractivity contribution in [3.8, 4) is 0 Å². The lowest BCUT2D eigenvalue weighted by atomic mass is 10.1. The highest BCUT2D eigenvalue weighted by Gasteiger charge is 2.22. The third-order valence-corrected chi connectivity index (χ3v) is 2.78. The highest BCUT2D eigenvalue weighted by atomic mass is 16.4. The van der Waals surface area contributed by atoms with Gasteiger partial charge in [0.15, 0.2) is 0 Å². The van der Waals surface area contributed by atoms with E-state index in [4.69, 9.17) is 9.52 Å². The van der Waals surface area contributed by atoms with Gasteiger partial charge in [0.2, 0.25) is 5.91 Å². The van der Waals surface area contributed by atoms with Gasteiger partial charge in [0.05, 0.1) is 18.7 Å². The predicted molar refractivity (Wildman–Crippen MR) is 70.4 cm³/mol. The molecule has 1 heterocycles. The van der Waals surface area contributed by atoms with Crippen molar-refractivity contribution in [1.82, 2.24) is 4.90 Å². The van der Waals surface area contributed by atoms with Crippen molar-refractivity contribution in [2.45, 2.75) is 33.7 Å². The molecule has 0 saturated carbocycles. The van der Waals surface area contributed by atoms with E-state index in [-0.39, 0.29) is 18.4 Å². The molecule has 1 N–H and O–H groups in total. The maximum absolute atomic E-state index is 12.1. The summed E-state index contributed by atoms with van der Waals surface area (Å²) < 4.78 is 5.22. The Bertz CT molecular complexity index is 411. The highest BCUT2D eigenvalue weighted by molar-refractivity contribution is 5.77. The summed E-state index contributed by atoms with van der Waals surface area (Å²) in [7, 11) is 0. The maximum atomic E-state index is 12.1. The average Bonchev–Trinajstić information content (AvgIpc) is 2.79. The molecule has 1 atom stereocenters. The molecular formula is C14H21NO4. The molecule has 0 aromatic carbocycles. The van der Waals surface area contributed by atoms with Gasteiger partial charge in [-0.3, -0.25) is 9.59 Å². The van der Waals surface area contributed by atoms with Gasteiger partial charge in [-0.25, -0.2) is 0 Å². The van der Waals surface area contributed by atoms with Gasteiger partial charge in [0.1, 0.15) is 5.76 Å². The average molecular weight is 267 g/mol. The molecule has 0 aliphatic heterocycles. The first-order valence-corrected chi connectivity index (χ1v) is 6.43. The number of nitrogens with zero attached hydrogens (tertiary/aromatic N) is 1. The van der Waals surface area contributed by atoms with E-state index in [2.05, 4.69) is 0 Å². The molecule has 0 spiro atoms. The third kappa shape index (κ3) is 5.16. The van der Waals surface area contributed by atoms with Crippen LogP contribution in [0.25, 0.3) is 0 Å². The van der Waals surface area contributed by atoms with Crippen LogP contribution < -0.4 is 0 Å². The molecule has 0 saturated heterocycles. The molecule has 0 bridgehead atoms. The maximum Gasteiger partial charge on any atom is 0.308 e. The molecule has 19 heavy (non-hydrogen) atoms. The molecule has 0 fully saturated rings. The van der Waals surface area contributed by atoms with Crippen molar-refractivity contribution < 1.29 is 19.1 Å². The van der Waals surface area contributed by atoms with Crippen LogP contribution in [0.5, 0.6) is 0 Å². The zero-order valence-electron chi connectivity index (χ0n) is 11.6. The van der Waals surface area contributed by atoms with E-state index in [1.807, 2.05) is 13.8 Å². The third-order valence-electron chi connectivity index (χ3n) is 2.78. The SMILES string of the molecule is CC(C)CC(=O)N(Cc1ccco1)CC(C)C(=O)O. The number of carboxylic acids is 1. The fourth-order valence-corrected chi connectivity index (χ4v) is 1.73. The largest absolute Gasteiger partial charge is 0.481 e. The molecule has 1 aromatic heterocycles. The van der Waals surface area contributed by atoms with E-state index in [9.17, 15) is 9.59 Å². The van der Waals surface area contributed by atoms with Gasteiger partial charge in [-0.05, 0) is 18.1 Å². The summed E-state index contributed by atoms with van der Waals surface area (Å²) >= 11 is 0. The number of carboxylic acid groups (broad SMARTS) is 1. The van der Waals surface area contributed by atoms with Crippen LogP contribution in [0.3, 0.4) is 0 Å². The second-order valence-corrected chi connectivity index (χ2v) is 5.19. The molecule has 0 aliphatic rings. The first kappa shape index (κ1) is 15.3. The van der Waals surface area contributed by atoms with E-state index < -0.39 is 11.9 Å². The van der Waals surface area contributed by atoms with Crippen molar-refractivity contribution in [2.75, 3.05) is 6.54 Å². The van der Waals surface area contributed by atoms with Gasteiger partial charge < -0.3 is 14.4 Å². The molecule has 106 valence electrons. The molecule has 1 amide bonds. The van der Waals surface area contributed by atoms with Crippen LogP contribution in [0.4, 0.5) is 0 Å². The number of amides is 1. The smallest absolute Gasteiger partial charge is 0.308 e. The van der Waals surface area contributed by atoms with Gasteiger partial charge in [0.25, 0.3) is 0 Å². The van der Waals surface area contributed by atoms with Crippen molar-refractivity contribution in [3.05, 3.63) is 24.2 Å². The second-order valence-electron chi connectivity index (χ2n) is 5.19. The van der Waals surface area contributed by atoms with Crippen molar-refractivity contribution >= 4 is 11.9 Å². The minimum atomic E-state index is -0.901. The normalized spacial score (nSPS) is 12.4. The molecular weight excluding hydrogens is 246 g/mol. The summed E-state index contributed by atoms with van der Waals surface area (Å²) in [4.78, 5) is 24.6. The first-order chi connectivity index (χ1) is 8.90. The Morgan fingerprint density at radius 3 is 2.53 bits per heavy atom. The Labute approximate surface area is 113 Å². The lowest BCUT2D eigenvalue weighted by Gasteiger charge is -2.24. The second kappa shape index (κ2) is 6.97. The summed E-state index contributed by atoms with van der Waals surface area (Å²) in [5, 5.41) is 8.96. The zero-order chi connectivity index (χ0) is 14.4. The molecule has 0 aliphatic carbocycles. The number of hydrogen-bond acceptors (Lipinski definition) is 3. The summed E-state index contributed by atoms with van der Waals surface area (Å²) in [6, 6.07) is 3.53. The summed E-state index contributed by atoms with van der Waals surface area (Å²) in [5.74, 6) is -0.631. The van der Waals surface area contributed by atoms with Gasteiger partial charge in [-0.1, -0.05) is 20.8 Å².